The van der Waals surface area contributed by atoms with Gasteiger partial charge in [0.05, 0.1) is 14.2 Å². The van der Waals surface area contributed by atoms with Crippen LogP contribution in [0.15, 0.2) is 30.5 Å². The summed E-state index contributed by atoms with van der Waals surface area (Å²) in [4.78, 5) is 36.1. The standard InChI is InChI=1S/C20H25N5O4/c1-14(26)24-8-10-25(11-9-24)19(27)16-6-7-21-20(23-16)22-13-15-4-5-17(28-2)18(12-15)29-3/h4-7,12H,8-11,13H2,1-3H3,(H,21,22,23). The third-order valence-electron chi connectivity index (χ3n) is 4.79. The lowest BCUT2D eigenvalue weighted by Crippen LogP contribution is -2.50. The maximum atomic E-state index is 12.7. The summed E-state index contributed by atoms with van der Waals surface area (Å²) >= 11 is 0. The van der Waals surface area contributed by atoms with Crippen LogP contribution in [-0.4, -0.2) is 72.0 Å². The molecule has 0 saturated carbocycles. The molecule has 2 amide bonds. The molecule has 1 aromatic carbocycles. The molecule has 1 saturated heterocycles. The van der Waals surface area contributed by atoms with E-state index in [2.05, 4.69) is 15.3 Å². The molecule has 154 valence electrons. The van der Waals surface area contributed by atoms with E-state index < -0.39 is 0 Å². The second-order valence-corrected chi connectivity index (χ2v) is 6.61. The van der Waals surface area contributed by atoms with Gasteiger partial charge in [0, 0.05) is 45.8 Å². The van der Waals surface area contributed by atoms with Gasteiger partial charge in [-0.05, 0) is 23.8 Å². The number of hydrogen-bond donors (Lipinski definition) is 1. The van der Waals surface area contributed by atoms with Gasteiger partial charge in [0.15, 0.2) is 11.5 Å². The maximum Gasteiger partial charge on any atom is 0.272 e. The van der Waals surface area contributed by atoms with Crippen molar-refractivity contribution in [2.75, 3.05) is 45.7 Å². The van der Waals surface area contributed by atoms with Crippen molar-refractivity contribution in [1.82, 2.24) is 19.8 Å². The van der Waals surface area contributed by atoms with Crippen molar-refractivity contribution in [1.29, 1.82) is 0 Å². The zero-order chi connectivity index (χ0) is 20.8. The summed E-state index contributed by atoms with van der Waals surface area (Å²) in [5.41, 5.74) is 1.29. The number of nitrogens with zero attached hydrogens (tertiary/aromatic N) is 4. The second-order valence-electron chi connectivity index (χ2n) is 6.61. The van der Waals surface area contributed by atoms with Gasteiger partial charge >= 0.3 is 0 Å². The molecule has 9 nitrogen and oxygen atoms in total. The topological polar surface area (TPSA) is 96.9 Å². The van der Waals surface area contributed by atoms with Crippen LogP contribution in [0.5, 0.6) is 11.5 Å². The Morgan fingerprint density at radius 2 is 1.72 bits per heavy atom. The molecule has 1 aromatic heterocycles. The number of benzene rings is 1. The van der Waals surface area contributed by atoms with E-state index in [-0.39, 0.29) is 11.8 Å². The monoisotopic (exact) mass is 399 g/mol. The molecule has 0 unspecified atom stereocenters. The molecular formula is C20H25N5O4. The van der Waals surface area contributed by atoms with Gasteiger partial charge in [-0.1, -0.05) is 6.07 Å². The molecule has 9 heteroatoms. The number of piperazine rings is 1. The van der Waals surface area contributed by atoms with E-state index in [9.17, 15) is 9.59 Å². The Kier molecular flexibility index (Phi) is 6.48. The van der Waals surface area contributed by atoms with Crippen LogP contribution in [0.2, 0.25) is 0 Å². The van der Waals surface area contributed by atoms with Gasteiger partial charge in [0.2, 0.25) is 11.9 Å². The van der Waals surface area contributed by atoms with Crippen LogP contribution >= 0.6 is 0 Å². The van der Waals surface area contributed by atoms with E-state index in [1.54, 1.807) is 36.3 Å². The quantitative estimate of drug-likeness (QED) is 0.784. The highest BCUT2D eigenvalue weighted by Gasteiger charge is 2.24. The van der Waals surface area contributed by atoms with Crippen molar-refractivity contribution < 1.29 is 19.1 Å². The van der Waals surface area contributed by atoms with E-state index in [4.69, 9.17) is 9.47 Å². The largest absolute Gasteiger partial charge is 0.493 e. The van der Waals surface area contributed by atoms with Gasteiger partial charge in [0.1, 0.15) is 5.69 Å². The minimum Gasteiger partial charge on any atom is -0.493 e. The molecule has 29 heavy (non-hydrogen) atoms. The van der Waals surface area contributed by atoms with Gasteiger partial charge in [-0.25, -0.2) is 9.97 Å². The Labute approximate surface area is 169 Å². The molecule has 2 aromatic rings. The molecule has 0 radical (unpaired) electrons. The predicted molar refractivity (Wildman–Crippen MR) is 107 cm³/mol. The number of hydrogen-bond acceptors (Lipinski definition) is 7. The summed E-state index contributed by atoms with van der Waals surface area (Å²) in [5.74, 6) is 1.53. The van der Waals surface area contributed by atoms with Crippen LogP contribution in [-0.2, 0) is 11.3 Å². The van der Waals surface area contributed by atoms with Gasteiger partial charge in [-0.15, -0.1) is 0 Å². The van der Waals surface area contributed by atoms with Crippen LogP contribution in [0.25, 0.3) is 0 Å². The fourth-order valence-electron chi connectivity index (χ4n) is 3.12. The van der Waals surface area contributed by atoms with Crippen molar-refractivity contribution in [2.45, 2.75) is 13.5 Å². The first kappa shape index (κ1) is 20.4. The Morgan fingerprint density at radius 3 is 2.38 bits per heavy atom. The minimum absolute atomic E-state index is 0.0285. The number of amides is 2. The number of carbonyl (C=O) groups is 2. The first-order chi connectivity index (χ1) is 14.0. The first-order valence-corrected chi connectivity index (χ1v) is 9.34. The van der Waals surface area contributed by atoms with E-state index >= 15 is 0 Å². The van der Waals surface area contributed by atoms with E-state index in [0.29, 0.717) is 55.9 Å². The van der Waals surface area contributed by atoms with E-state index in [1.807, 2.05) is 18.2 Å². The van der Waals surface area contributed by atoms with Crippen molar-refractivity contribution in [3.63, 3.8) is 0 Å². The van der Waals surface area contributed by atoms with Gasteiger partial charge in [0.25, 0.3) is 5.91 Å². The van der Waals surface area contributed by atoms with Crippen molar-refractivity contribution in [3.8, 4) is 11.5 Å². The zero-order valence-electron chi connectivity index (χ0n) is 16.8. The minimum atomic E-state index is -0.162. The molecule has 0 spiro atoms. The summed E-state index contributed by atoms with van der Waals surface area (Å²) in [6.45, 7) is 4.08. The summed E-state index contributed by atoms with van der Waals surface area (Å²) in [6.07, 6.45) is 1.56. The predicted octanol–water partition coefficient (Wildman–Crippen LogP) is 1.41. The summed E-state index contributed by atoms with van der Waals surface area (Å²) < 4.78 is 10.5. The third-order valence-corrected chi connectivity index (χ3v) is 4.79. The summed E-state index contributed by atoms with van der Waals surface area (Å²) in [6, 6.07) is 7.21. The molecule has 0 bridgehead atoms. The SMILES string of the molecule is COc1ccc(CNc2nccc(C(=O)N3CCN(C(C)=O)CC3)n2)cc1OC. The first-order valence-electron chi connectivity index (χ1n) is 9.34. The number of methoxy groups -OCH3 is 2. The Hall–Kier alpha value is -3.36. The third kappa shape index (κ3) is 4.92. The lowest BCUT2D eigenvalue weighted by Gasteiger charge is -2.34. The van der Waals surface area contributed by atoms with E-state index in [0.717, 1.165) is 5.56 Å². The van der Waals surface area contributed by atoms with Gasteiger partial charge < -0.3 is 24.6 Å². The molecule has 0 atom stereocenters. The maximum absolute atomic E-state index is 12.7. The van der Waals surface area contributed by atoms with Crippen molar-refractivity contribution in [3.05, 3.63) is 41.7 Å². The molecule has 0 aliphatic carbocycles. The van der Waals surface area contributed by atoms with Crippen LogP contribution in [0, 0.1) is 0 Å². The highest BCUT2D eigenvalue weighted by Crippen LogP contribution is 2.27. The highest BCUT2D eigenvalue weighted by atomic mass is 16.5. The van der Waals surface area contributed by atoms with Crippen molar-refractivity contribution >= 4 is 17.8 Å². The molecule has 3 rings (SSSR count). The number of rotatable bonds is 6. The Balaban J connectivity index is 1.62. The molecular weight excluding hydrogens is 374 g/mol. The Morgan fingerprint density at radius 1 is 1.03 bits per heavy atom. The van der Waals surface area contributed by atoms with Gasteiger partial charge in [-0.2, -0.15) is 0 Å². The number of ether oxygens (including phenoxy) is 2. The lowest BCUT2D eigenvalue weighted by atomic mass is 10.2. The van der Waals surface area contributed by atoms with Crippen LogP contribution < -0.4 is 14.8 Å². The van der Waals surface area contributed by atoms with Crippen LogP contribution in [0.1, 0.15) is 23.0 Å². The molecule has 1 fully saturated rings. The molecule has 1 aliphatic rings. The fourth-order valence-corrected chi connectivity index (χ4v) is 3.12. The Bertz CT molecular complexity index is 881. The molecule has 1 N–H and O–H groups in total. The summed E-state index contributed by atoms with van der Waals surface area (Å²) in [7, 11) is 3.18. The molecule has 2 heterocycles. The number of anilines is 1. The highest BCUT2D eigenvalue weighted by molar-refractivity contribution is 5.92. The smallest absolute Gasteiger partial charge is 0.272 e. The van der Waals surface area contributed by atoms with Gasteiger partial charge in [-0.3, -0.25) is 9.59 Å². The summed E-state index contributed by atoms with van der Waals surface area (Å²) in [5, 5.41) is 3.13. The second kappa shape index (κ2) is 9.22. The number of carbonyl (C=O) groups excluding carboxylic acids is 2. The average Bonchev–Trinajstić information content (AvgIpc) is 2.77. The normalized spacial score (nSPS) is 13.8. The lowest BCUT2D eigenvalue weighted by molar-refractivity contribution is -0.130. The molecule has 1 aliphatic heterocycles. The van der Waals surface area contributed by atoms with Crippen LogP contribution in [0.4, 0.5) is 5.95 Å². The average molecular weight is 399 g/mol. The van der Waals surface area contributed by atoms with E-state index in [1.165, 1.54) is 6.92 Å². The van der Waals surface area contributed by atoms with Crippen molar-refractivity contribution in [2.24, 2.45) is 0 Å². The number of nitrogens with one attached hydrogen (secondary N) is 1. The zero-order valence-corrected chi connectivity index (χ0v) is 16.8. The van der Waals surface area contributed by atoms with Crippen LogP contribution in [0.3, 0.4) is 0 Å². The number of aromatic nitrogens is 2. The fraction of sp³-hybridized carbons (Fsp3) is 0.400.